The Morgan fingerprint density at radius 3 is 0.456 bits per heavy atom. The number of hydrogen-bond acceptors (Lipinski definition) is 16. The third-order valence-electron chi connectivity index (χ3n) is 25.4. The van der Waals surface area contributed by atoms with Gasteiger partial charge < -0.3 is 76.5 Å². The average Bonchev–Trinajstić information content (AvgIpc) is 1.59. The molecule has 738 valence electrons. The van der Waals surface area contributed by atoms with E-state index < -0.39 is 29.2 Å². The average molecular weight is 1950 g/mol. The molecular formula is C131H118O16. The molecule has 1 saturated heterocycles. The van der Waals surface area contributed by atoms with Crippen LogP contribution in [-0.4, -0.2) is 28.2 Å². The van der Waals surface area contributed by atoms with E-state index in [0.717, 1.165) is 111 Å². The quantitative estimate of drug-likeness (QED) is 0.0369. The van der Waals surface area contributed by atoms with Crippen molar-refractivity contribution in [3.05, 3.63) is 550 Å². The van der Waals surface area contributed by atoms with Crippen molar-refractivity contribution in [3.63, 3.8) is 0 Å². The lowest BCUT2D eigenvalue weighted by Gasteiger charge is -2.42. The Kier molecular flexibility index (Phi) is 33.3. The Hall–Kier alpha value is -17.1. The summed E-state index contributed by atoms with van der Waals surface area (Å²) in [5.74, 6) is 5.00. The summed E-state index contributed by atoms with van der Waals surface area (Å²) in [7, 11) is 0. The summed E-state index contributed by atoms with van der Waals surface area (Å²) in [5.41, 5.74) is 15.9. The lowest BCUT2D eigenvalue weighted by Crippen LogP contribution is -2.55. The van der Waals surface area contributed by atoms with Crippen LogP contribution in [0.25, 0.3) is 48.6 Å². The van der Waals surface area contributed by atoms with Crippen LogP contribution in [0.15, 0.2) is 417 Å². The van der Waals surface area contributed by atoms with Gasteiger partial charge in [0.05, 0.1) is 0 Å². The van der Waals surface area contributed by atoms with E-state index in [9.17, 15) is 10.2 Å². The summed E-state index contributed by atoms with van der Waals surface area (Å²) < 4.78 is 93.4. The smallest absolute Gasteiger partial charge is 0.164 e. The summed E-state index contributed by atoms with van der Waals surface area (Å²) in [4.78, 5) is 0. The Morgan fingerprint density at radius 2 is 0.320 bits per heavy atom. The molecule has 1 aliphatic rings. The fourth-order valence-electron chi connectivity index (χ4n) is 17.1. The van der Waals surface area contributed by atoms with E-state index in [1.807, 2.05) is 267 Å². The second-order valence-electron chi connectivity index (χ2n) is 36.4. The standard InChI is InChI=1S/C131H118O16/c1-11-91-19-35-99(36-20-91)79-138-119-67-107(68-120(75-119)139-80-100-37-21-92(12-2)22-38-100)87-134-115-59-51-111(52-60-115)130(132,112-53-61-116(62-54-112)135-88-108-69-121(140-81-101-39-23-93(13-3)24-40-101)76-122(70-108)141-82-102-41-25-94(14-4)26-42-102)127-128(147-129(9,10)146-127)131(133,113-55-63-117(64-56-113)136-89-109-71-123(142-83-103-43-27-95(15-5)28-44-103)77-124(72-109)143-84-104-45-29-96(16-6)30-46-104)114-57-65-118(66-58-114)137-90-110-73-125(144-85-105-47-31-97(17-7)32-48-105)78-126(74-110)145-86-106-49-33-98(18-8)34-50-106/h11-78,127-128,132-133H,1-8,79-90H2,9-10H3/t127-,128-/m0/s1. The summed E-state index contributed by atoms with van der Waals surface area (Å²) in [6, 6.07) is 116. The highest BCUT2D eigenvalue weighted by atomic mass is 16.8. The number of hydrogen-bond donors (Lipinski definition) is 2. The van der Waals surface area contributed by atoms with Crippen LogP contribution in [0.5, 0.6) is 69.0 Å². The summed E-state index contributed by atoms with van der Waals surface area (Å²) >= 11 is 0. The molecule has 147 heavy (non-hydrogen) atoms. The zero-order chi connectivity index (χ0) is 102. The van der Waals surface area contributed by atoms with Gasteiger partial charge in [-0.25, -0.2) is 0 Å². The summed E-state index contributed by atoms with van der Waals surface area (Å²) in [6.45, 7) is 37.7. The molecule has 17 rings (SSSR count). The number of rotatable bonds is 50. The molecule has 0 unspecified atom stereocenters. The first kappa shape index (κ1) is 101. The van der Waals surface area contributed by atoms with E-state index in [0.29, 0.717) is 144 Å². The van der Waals surface area contributed by atoms with Crippen molar-refractivity contribution < 1.29 is 76.5 Å². The lowest BCUT2D eigenvalue weighted by molar-refractivity contribution is -0.172. The predicted molar refractivity (Wildman–Crippen MR) is 586 cm³/mol. The second kappa shape index (κ2) is 48.3. The number of aliphatic hydroxyl groups is 2. The minimum atomic E-state index is -2.19. The van der Waals surface area contributed by atoms with Crippen molar-refractivity contribution in [2.45, 2.75) is 122 Å². The highest BCUT2D eigenvalue weighted by Gasteiger charge is 2.61. The van der Waals surface area contributed by atoms with Crippen LogP contribution in [0.1, 0.15) is 147 Å². The third kappa shape index (κ3) is 27.1. The Bertz CT molecular complexity index is 6040. The summed E-state index contributed by atoms with van der Waals surface area (Å²) in [6.07, 6.45) is 11.6. The largest absolute Gasteiger partial charge is 0.489 e. The van der Waals surface area contributed by atoms with Gasteiger partial charge in [0.1, 0.15) is 172 Å². The van der Waals surface area contributed by atoms with Crippen molar-refractivity contribution in [2.24, 2.45) is 0 Å². The molecule has 0 aromatic heterocycles. The molecular weight excluding hydrogens is 1830 g/mol. The van der Waals surface area contributed by atoms with Gasteiger partial charge in [-0.2, -0.15) is 0 Å². The minimum Gasteiger partial charge on any atom is -0.489 e. The number of ether oxygens (including phenoxy) is 14. The van der Waals surface area contributed by atoms with Crippen LogP contribution in [-0.2, 0) is 100.0 Å². The van der Waals surface area contributed by atoms with Crippen LogP contribution < -0.4 is 56.8 Å². The molecule has 0 aliphatic carbocycles. The fourth-order valence-corrected chi connectivity index (χ4v) is 17.1. The van der Waals surface area contributed by atoms with Gasteiger partial charge in [0.25, 0.3) is 0 Å². The Balaban J connectivity index is 0.718. The third-order valence-corrected chi connectivity index (χ3v) is 25.4. The molecule has 1 fully saturated rings. The Labute approximate surface area is 861 Å². The van der Waals surface area contributed by atoms with Crippen molar-refractivity contribution in [2.75, 3.05) is 0 Å². The summed E-state index contributed by atoms with van der Waals surface area (Å²) in [5, 5.41) is 29.8. The number of benzene rings is 16. The second-order valence-corrected chi connectivity index (χ2v) is 36.4. The van der Waals surface area contributed by atoms with E-state index in [4.69, 9.17) is 66.3 Å². The van der Waals surface area contributed by atoms with Crippen LogP contribution in [0.3, 0.4) is 0 Å². The molecule has 0 bridgehead atoms. The fraction of sp³-hybridized carbons (Fsp3) is 0.145. The molecule has 1 aliphatic heterocycles. The van der Waals surface area contributed by atoms with Crippen molar-refractivity contribution in [3.8, 4) is 69.0 Å². The first-order valence-corrected chi connectivity index (χ1v) is 48.8. The first-order valence-electron chi connectivity index (χ1n) is 48.8. The van der Waals surface area contributed by atoms with E-state index in [2.05, 4.69) is 52.6 Å². The highest BCUT2D eigenvalue weighted by Crippen LogP contribution is 2.52. The zero-order valence-corrected chi connectivity index (χ0v) is 82.7. The van der Waals surface area contributed by atoms with Gasteiger partial charge in [-0.05, 0) is 244 Å². The Morgan fingerprint density at radius 1 is 0.190 bits per heavy atom. The van der Waals surface area contributed by atoms with E-state index in [1.54, 1.807) is 160 Å². The molecule has 0 spiro atoms. The maximum atomic E-state index is 14.9. The molecule has 16 heteroatoms. The van der Waals surface area contributed by atoms with Gasteiger partial charge in [-0.3, -0.25) is 0 Å². The molecule has 2 N–H and O–H groups in total. The predicted octanol–water partition coefficient (Wildman–Crippen LogP) is 29.5. The maximum Gasteiger partial charge on any atom is 0.164 e. The van der Waals surface area contributed by atoms with Crippen LogP contribution in [0.2, 0.25) is 0 Å². The minimum absolute atomic E-state index is 0.0915. The van der Waals surface area contributed by atoms with Crippen molar-refractivity contribution in [1.82, 2.24) is 0 Å². The molecule has 2 atom stereocenters. The van der Waals surface area contributed by atoms with Crippen LogP contribution in [0, 0.1) is 0 Å². The SMILES string of the molecule is C=Cc1ccc(COc2cc(COc3ccc(C(O)(c4ccc(OCc5cc(OCc6ccc(C=C)cc6)cc(OCc6ccc(C=C)cc6)c5)cc4)[C@H]4OC(C)(C)O[C@@H]4C(O)(c4ccc(OCc5cc(OCc6ccc(C=C)cc6)cc(OCc6ccc(C=C)cc6)c5)cc4)c4ccc(OCc5cc(OCc6ccc(C=C)cc6)cc(OCc6ccc(C=C)cc6)c5)cc4)cc3)cc(OCc3ccc(C=C)cc3)c2)cc1. The van der Waals surface area contributed by atoms with Crippen LogP contribution >= 0.6 is 0 Å². The van der Waals surface area contributed by atoms with Gasteiger partial charge in [-0.1, -0.05) is 344 Å². The molecule has 16 aromatic carbocycles. The molecule has 0 saturated carbocycles. The monoisotopic (exact) mass is 1950 g/mol. The first-order chi connectivity index (χ1) is 71.7. The molecule has 0 radical (unpaired) electrons. The maximum absolute atomic E-state index is 14.9. The van der Waals surface area contributed by atoms with Gasteiger partial charge in [0, 0.05) is 24.3 Å². The van der Waals surface area contributed by atoms with E-state index >= 15 is 0 Å². The zero-order valence-electron chi connectivity index (χ0n) is 82.7. The molecule has 16 aromatic rings. The van der Waals surface area contributed by atoms with E-state index in [-0.39, 0.29) is 26.4 Å². The molecule has 0 amide bonds. The van der Waals surface area contributed by atoms with Gasteiger partial charge >= 0.3 is 0 Å². The van der Waals surface area contributed by atoms with Crippen LogP contribution in [0.4, 0.5) is 0 Å². The van der Waals surface area contributed by atoms with E-state index in [1.165, 1.54) is 0 Å². The highest BCUT2D eigenvalue weighted by molar-refractivity contribution is 5.57. The van der Waals surface area contributed by atoms with Crippen molar-refractivity contribution >= 4 is 48.6 Å². The van der Waals surface area contributed by atoms with Gasteiger partial charge in [-0.15, -0.1) is 0 Å². The normalized spacial score (nSPS) is 13.0. The van der Waals surface area contributed by atoms with Gasteiger partial charge in [0.15, 0.2) is 5.79 Å². The molecule has 16 nitrogen and oxygen atoms in total. The lowest BCUT2D eigenvalue weighted by atomic mass is 9.72. The molecule has 1 heterocycles. The topological polar surface area (TPSA) is 170 Å². The van der Waals surface area contributed by atoms with Crippen molar-refractivity contribution in [1.29, 1.82) is 0 Å². The van der Waals surface area contributed by atoms with Gasteiger partial charge in [0.2, 0.25) is 0 Å².